The lowest BCUT2D eigenvalue weighted by molar-refractivity contribution is -0.161. The SMILES string of the molecule is CCCCCCCCCCCCCCCCCCCCCCC(=O)O[C@H](COC(=O)CCCCCCCCCCCCCCCCCC(C)C)COP(=O)(O)OC[C@@H](O)COP(=O)(O)OC[C@@H](COC(=O)CCCCCCCCC(C)C)OC(=O)CCCCCCCCCCCCCCCCCC. The van der Waals surface area contributed by atoms with Gasteiger partial charge in [-0.2, -0.15) is 0 Å². The Morgan fingerprint density at radius 2 is 0.447 bits per heavy atom. The lowest BCUT2D eigenvalue weighted by atomic mass is 10.0. The van der Waals surface area contributed by atoms with Crippen LogP contribution in [0.3, 0.4) is 0 Å². The molecule has 612 valence electrons. The molecule has 0 saturated heterocycles. The molecule has 0 bridgehead atoms. The van der Waals surface area contributed by atoms with E-state index in [1.54, 1.807) is 0 Å². The number of carbonyl (C=O) groups excluding carboxylic acids is 4. The van der Waals surface area contributed by atoms with Gasteiger partial charge in [0.25, 0.3) is 0 Å². The van der Waals surface area contributed by atoms with Gasteiger partial charge in [0.05, 0.1) is 26.4 Å². The first-order valence-electron chi connectivity index (χ1n) is 43.5. The number of phosphoric ester groups is 2. The molecule has 0 heterocycles. The lowest BCUT2D eigenvalue weighted by Crippen LogP contribution is -2.30. The zero-order chi connectivity index (χ0) is 75.6. The second-order valence-electron chi connectivity index (χ2n) is 31.2. The Bertz CT molecular complexity index is 1980. The summed E-state index contributed by atoms with van der Waals surface area (Å²) in [4.78, 5) is 73.1. The standard InChI is InChI=1S/C84H164O17P2/c1-7-9-11-13-15-17-19-21-23-25-26-27-28-32-37-41-45-49-57-63-68-83(88)100-79(72-94-81(86)66-60-54-47-43-39-35-33-29-30-34-38-42-46-52-58-64-76(3)4)74-98-102(90,91)96-70-78(85)71-97-103(92,93)99-75-80(73-95-82(87)67-61-55-51-50-53-59-65-77(5)6)101-84(89)69-62-56-48-44-40-36-31-24-22-20-18-16-14-12-10-8-2/h76-80,85H,7-75H2,1-6H3,(H,90,91)(H,92,93)/t78-,79-,80-/m1/s1. The Balaban J connectivity index is 5.21. The summed E-state index contributed by atoms with van der Waals surface area (Å²) in [5.74, 6) is -0.621. The summed E-state index contributed by atoms with van der Waals surface area (Å²) < 4.78 is 68.8. The lowest BCUT2D eigenvalue weighted by Gasteiger charge is -2.21. The summed E-state index contributed by atoms with van der Waals surface area (Å²) in [6.45, 7) is 9.60. The van der Waals surface area contributed by atoms with Crippen LogP contribution in [0.2, 0.25) is 0 Å². The first kappa shape index (κ1) is 101. The van der Waals surface area contributed by atoms with Gasteiger partial charge in [-0.25, -0.2) is 9.13 Å². The fourth-order valence-electron chi connectivity index (χ4n) is 13.1. The van der Waals surface area contributed by atoms with Gasteiger partial charge in [-0.05, 0) is 37.5 Å². The Labute approximate surface area is 632 Å². The molecule has 103 heavy (non-hydrogen) atoms. The van der Waals surface area contributed by atoms with Gasteiger partial charge in [0.1, 0.15) is 19.3 Å². The molecule has 0 aliphatic carbocycles. The van der Waals surface area contributed by atoms with Gasteiger partial charge in [0.15, 0.2) is 12.2 Å². The fourth-order valence-corrected chi connectivity index (χ4v) is 14.6. The third kappa shape index (κ3) is 78.0. The van der Waals surface area contributed by atoms with Crippen molar-refractivity contribution in [2.24, 2.45) is 11.8 Å². The zero-order valence-electron chi connectivity index (χ0n) is 67.6. The summed E-state index contributed by atoms with van der Waals surface area (Å²) >= 11 is 0. The molecule has 17 nitrogen and oxygen atoms in total. The highest BCUT2D eigenvalue weighted by Gasteiger charge is 2.30. The van der Waals surface area contributed by atoms with Gasteiger partial charge in [0.2, 0.25) is 0 Å². The number of unbranched alkanes of at least 4 members (excludes halogenated alkanes) is 53. The summed E-state index contributed by atoms with van der Waals surface area (Å²) in [5.41, 5.74) is 0. The van der Waals surface area contributed by atoms with Gasteiger partial charge in [0, 0.05) is 25.7 Å². The van der Waals surface area contributed by atoms with Crippen LogP contribution in [0.1, 0.15) is 446 Å². The van der Waals surface area contributed by atoms with Gasteiger partial charge in [-0.1, -0.05) is 395 Å². The second-order valence-corrected chi connectivity index (χ2v) is 34.1. The minimum absolute atomic E-state index is 0.107. The average molecular weight is 1510 g/mol. The molecule has 0 aromatic carbocycles. The Morgan fingerprint density at radius 3 is 0.660 bits per heavy atom. The minimum Gasteiger partial charge on any atom is -0.462 e. The van der Waals surface area contributed by atoms with E-state index in [-0.39, 0.29) is 25.7 Å². The van der Waals surface area contributed by atoms with E-state index in [1.165, 1.54) is 257 Å². The van der Waals surface area contributed by atoms with Crippen molar-refractivity contribution in [1.82, 2.24) is 0 Å². The van der Waals surface area contributed by atoms with E-state index in [4.69, 9.17) is 37.0 Å². The largest absolute Gasteiger partial charge is 0.472 e. The van der Waals surface area contributed by atoms with Crippen LogP contribution in [0.5, 0.6) is 0 Å². The minimum atomic E-state index is -4.96. The van der Waals surface area contributed by atoms with Crippen molar-refractivity contribution in [2.75, 3.05) is 39.6 Å². The molecule has 0 rings (SSSR count). The third-order valence-corrected chi connectivity index (χ3v) is 21.6. The molecule has 0 spiro atoms. The molecule has 0 aliphatic rings. The number of aliphatic hydroxyl groups excluding tert-OH is 1. The number of esters is 4. The summed E-state index contributed by atoms with van der Waals surface area (Å²) in [7, 11) is -9.92. The molecule has 0 aromatic rings. The predicted octanol–water partition coefficient (Wildman–Crippen LogP) is 25.5. The quantitative estimate of drug-likeness (QED) is 0.0222. The molecule has 3 N–H and O–H groups in total. The molecular formula is C84H164O17P2. The number of aliphatic hydroxyl groups is 1. The van der Waals surface area contributed by atoms with Crippen molar-refractivity contribution in [3.63, 3.8) is 0 Å². The first-order valence-corrected chi connectivity index (χ1v) is 46.5. The molecule has 0 aliphatic heterocycles. The van der Waals surface area contributed by atoms with Crippen LogP contribution in [-0.2, 0) is 65.4 Å². The number of phosphoric acid groups is 2. The van der Waals surface area contributed by atoms with Crippen LogP contribution < -0.4 is 0 Å². The third-order valence-electron chi connectivity index (χ3n) is 19.7. The van der Waals surface area contributed by atoms with Gasteiger partial charge in [-0.3, -0.25) is 37.3 Å². The molecule has 19 heteroatoms. The van der Waals surface area contributed by atoms with Gasteiger partial charge in [-0.15, -0.1) is 0 Å². The number of ether oxygens (including phenoxy) is 4. The molecule has 0 fully saturated rings. The molecule has 0 radical (unpaired) electrons. The fraction of sp³-hybridized carbons (Fsp3) is 0.952. The van der Waals surface area contributed by atoms with Gasteiger partial charge < -0.3 is 33.8 Å². The van der Waals surface area contributed by atoms with E-state index in [9.17, 15) is 43.2 Å². The molecular weight excluding hydrogens is 1340 g/mol. The highest BCUT2D eigenvalue weighted by molar-refractivity contribution is 7.47. The van der Waals surface area contributed by atoms with Crippen LogP contribution in [-0.4, -0.2) is 96.7 Å². The Hall–Kier alpha value is -1.94. The highest BCUT2D eigenvalue weighted by atomic mass is 31.2. The van der Waals surface area contributed by atoms with Crippen LogP contribution in [0.25, 0.3) is 0 Å². The molecule has 5 atom stereocenters. The van der Waals surface area contributed by atoms with Crippen LogP contribution in [0.4, 0.5) is 0 Å². The topological polar surface area (TPSA) is 237 Å². The van der Waals surface area contributed by atoms with E-state index in [0.717, 1.165) is 102 Å². The van der Waals surface area contributed by atoms with Crippen molar-refractivity contribution in [1.29, 1.82) is 0 Å². The van der Waals surface area contributed by atoms with E-state index < -0.39 is 97.5 Å². The first-order chi connectivity index (χ1) is 49.9. The molecule has 2 unspecified atom stereocenters. The van der Waals surface area contributed by atoms with Crippen LogP contribution in [0.15, 0.2) is 0 Å². The maximum absolute atomic E-state index is 13.1. The number of hydrogen-bond donors (Lipinski definition) is 3. The number of rotatable bonds is 83. The van der Waals surface area contributed by atoms with Crippen molar-refractivity contribution < 1.29 is 80.2 Å². The van der Waals surface area contributed by atoms with Crippen molar-refractivity contribution in [2.45, 2.75) is 464 Å². The summed E-state index contributed by atoms with van der Waals surface area (Å²) in [6, 6.07) is 0. The van der Waals surface area contributed by atoms with Crippen molar-refractivity contribution >= 4 is 39.5 Å². The van der Waals surface area contributed by atoms with Crippen LogP contribution in [0, 0.1) is 11.8 Å². The number of hydrogen-bond acceptors (Lipinski definition) is 15. The van der Waals surface area contributed by atoms with Crippen molar-refractivity contribution in [3.05, 3.63) is 0 Å². The monoisotopic (exact) mass is 1510 g/mol. The molecule has 0 amide bonds. The normalized spacial score (nSPS) is 13.9. The zero-order valence-corrected chi connectivity index (χ0v) is 69.4. The summed E-state index contributed by atoms with van der Waals surface area (Å²) in [6.07, 6.45) is 66.8. The average Bonchev–Trinajstić information content (AvgIpc) is 0.936. The maximum Gasteiger partial charge on any atom is 0.472 e. The number of carbonyl (C=O) groups is 4. The van der Waals surface area contributed by atoms with E-state index in [2.05, 4.69) is 41.5 Å². The highest BCUT2D eigenvalue weighted by Crippen LogP contribution is 2.45. The Kier molecular flexibility index (Phi) is 74.1. The van der Waals surface area contributed by atoms with E-state index in [0.29, 0.717) is 31.6 Å². The molecule has 0 saturated carbocycles. The smallest absolute Gasteiger partial charge is 0.462 e. The van der Waals surface area contributed by atoms with E-state index >= 15 is 0 Å². The van der Waals surface area contributed by atoms with Crippen LogP contribution >= 0.6 is 15.6 Å². The second kappa shape index (κ2) is 75.5. The predicted molar refractivity (Wildman–Crippen MR) is 423 cm³/mol. The van der Waals surface area contributed by atoms with Crippen molar-refractivity contribution in [3.8, 4) is 0 Å². The molecule has 0 aromatic heterocycles. The maximum atomic E-state index is 13.1. The Morgan fingerprint density at radius 1 is 0.262 bits per heavy atom. The summed E-state index contributed by atoms with van der Waals surface area (Å²) in [5, 5.41) is 10.7. The van der Waals surface area contributed by atoms with E-state index in [1.807, 2.05) is 0 Å². The van der Waals surface area contributed by atoms with Gasteiger partial charge >= 0.3 is 39.5 Å².